The van der Waals surface area contributed by atoms with Crippen molar-refractivity contribution in [1.29, 1.82) is 0 Å². The Morgan fingerprint density at radius 1 is 0.769 bits per heavy atom. The fraction of sp³-hybridized carbons (Fsp3) is 0. The molecule has 0 aliphatic rings. The zero-order chi connectivity index (χ0) is 18.5. The Hall–Kier alpha value is -3.87. The molecule has 26 heavy (non-hydrogen) atoms. The molecule has 0 amide bonds. The van der Waals surface area contributed by atoms with Gasteiger partial charge in [-0.2, -0.15) is 10.2 Å². The second-order valence-corrected chi connectivity index (χ2v) is 5.24. The molecule has 3 rings (SSSR count). The lowest BCUT2D eigenvalue weighted by Gasteiger charge is -2.11. The van der Waals surface area contributed by atoms with Crippen LogP contribution in [-0.2, 0) is 0 Å². The summed E-state index contributed by atoms with van der Waals surface area (Å²) in [5.41, 5.74) is 0.765. The van der Waals surface area contributed by atoms with Crippen molar-refractivity contribution >= 4 is 17.3 Å². The topological polar surface area (TPSA) is 112 Å². The zero-order valence-corrected chi connectivity index (χ0v) is 13.4. The van der Waals surface area contributed by atoms with E-state index in [9.17, 15) is 20.1 Å². The van der Waals surface area contributed by atoms with Gasteiger partial charge in [-0.25, -0.2) is 4.79 Å². The lowest BCUT2D eigenvalue weighted by Crippen LogP contribution is -2.01. The Morgan fingerprint density at radius 3 is 1.96 bits per heavy atom. The van der Waals surface area contributed by atoms with Crippen molar-refractivity contribution in [3.8, 4) is 23.0 Å². The van der Waals surface area contributed by atoms with E-state index in [1.165, 1.54) is 0 Å². The maximum Gasteiger partial charge on any atom is 0.343 e. The molecule has 7 heteroatoms. The van der Waals surface area contributed by atoms with Gasteiger partial charge in [0.25, 0.3) is 0 Å². The molecule has 0 unspecified atom stereocenters. The predicted octanol–water partition coefficient (Wildman–Crippen LogP) is 5.00. The maximum absolute atomic E-state index is 11.3. The average molecular weight is 350 g/mol. The van der Waals surface area contributed by atoms with Crippen LogP contribution in [0.4, 0.5) is 11.4 Å². The molecule has 0 atom stereocenters. The van der Waals surface area contributed by atoms with Crippen LogP contribution in [0.15, 0.2) is 77.0 Å². The number of aromatic hydroxyl groups is 2. The summed E-state index contributed by atoms with van der Waals surface area (Å²) in [4.78, 5) is 11.3. The third-order valence-electron chi connectivity index (χ3n) is 3.42. The predicted molar refractivity (Wildman–Crippen MR) is 93.9 cm³/mol. The van der Waals surface area contributed by atoms with Crippen molar-refractivity contribution < 1.29 is 24.9 Å². The number of carbonyl (C=O) groups is 1. The first-order valence-corrected chi connectivity index (χ1v) is 7.57. The van der Waals surface area contributed by atoms with E-state index in [0.717, 1.165) is 12.1 Å². The number of ether oxygens (including phenoxy) is 1. The van der Waals surface area contributed by atoms with Gasteiger partial charge in [0.05, 0.1) is 11.4 Å². The van der Waals surface area contributed by atoms with Gasteiger partial charge in [0.1, 0.15) is 17.1 Å². The zero-order valence-electron chi connectivity index (χ0n) is 13.4. The molecule has 3 aromatic rings. The molecule has 0 radical (unpaired) electrons. The summed E-state index contributed by atoms with van der Waals surface area (Å²) in [5, 5.41) is 36.9. The number of hydrogen-bond donors (Lipinski definition) is 3. The van der Waals surface area contributed by atoms with Crippen LogP contribution in [0.5, 0.6) is 23.0 Å². The summed E-state index contributed by atoms with van der Waals surface area (Å²) >= 11 is 0. The Morgan fingerprint density at radius 2 is 1.35 bits per heavy atom. The highest BCUT2D eigenvalue weighted by Crippen LogP contribution is 2.39. The number of benzene rings is 3. The van der Waals surface area contributed by atoms with E-state index in [-0.39, 0.29) is 11.5 Å². The minimum Gasteiger partial charge on any atom is -0.507 e. The van der Waals surface area contributed by atoms with Crippen LogP contribution in [0.1, 0.15) is 10.4 Å². The van der Waals surface area contributed by atoms with Crippen molar-refractivity contribution in [3.63, 3.8) is 0 Å². The molecule has 0 heterocycles. The van der Waals surface area contributed by atoms with Crippen LogP contribution in [0.3, 0.4) is 0 Å². The molecule has 0 fully saturated rings. The number of hydrogen-bond acceptors (Lipinski definition) is 6. The van der Waals surface area contributed by atoms with E-state index in [0.29, 0.717) is 11.4 Å². The maximum atomic E-state index is 11.3. The smallest absolute Gasteiger partial charge is 0.343 e. The lowest BCUT2D eigenvalue weighted by atomic mass is 10.1. The molecular weight excluding hydrogens is 336 g/mol. The molecule has 0 bridgehead atoms. The minimum absolute atomic E-state index is 0.270. The summed E-state index contributed by atoms with van der Waals surface area (Å²) < 4.78 is 5.44. The number of aromatic carboxylic acids is 1. The second-order valence-electron chi connectivity index (χ2n) is 5.24. The van der Waals surface area contributed by atoms with E-state index in [1.807, 2.05) is 30.3 Å². The van der Waals surface area contributed by atoms with E-state index in [1.54, 1.807) is 24.3 Å². The largest absolute Gasteiger partial charge is 0.507 e. The fourth-order valence-corrected chi connectivity index (χ4v) is 2.18. The van der Waals surface area contributed by atoms with Crippen LogP contribution in [-0.4, -0.2) is 21.3 Å². The highest BCUT2D eigenvalue weighted by Gasteiger charge is 2.21. The highest BCUT2D eigenvalue weighted by molar-refractivity contribution is 5.95. The van der Waals surface area contributed by atoms with E-state index >= 15 is 0 Å². The number of carboxylic acid groups (broad SMARTS) is 1. The Labute approximate surface area is 148 Å². The summed E-state index contributed by atoms with van der Waals surface area (Å²) in [6, 6.07) is 17.8. The first kappa shape index (κ1) is 17.0. The van der Waals surface area contributed by atoms with E-state index in [2.05, 4.69) is 10.2 Å². The summed E-state index contributed by atoms with van der Waals surface area (Å²) in [5.74, 6) is -2.38. The number of rotatable bonds is 5. The van der Waals surface area contributed by atoms with Crippen molar-refractivity contribution in [3.05, 3.63) is 72.3 Å². The molecule has 3 N–H and O–H groups in total. The fourth-order valence-electron chi connectivity index (χ4n) is 2.18. The van der Waals surface area contributed by atoms with Crippen LogP contribution in [0, 0.1) is 0 Å². The average Bonchev–Trinajstić information content (AvgIpc) is 2.65. The Kier molecular flexibility index (Phi) is 4.80. The second kappa shape index (κ2) is 7.35. The van der Waals surface area contributed by atoms with Gasteiger partial charge in [-0.15, -0.1) is 0 Å². The Bertz CT molecular complexity index is 954. The molecular formula is C19H14N2O5. The summed E-state index contributed by atoms with van der Waals surface area (Å²) in [6.07, 6.45) is 0. The first-order chi connectivity index (χ1) is 12.5. The standard InChI is InChI=1S/C19H14N2O5/c22-15-10-11-16(23)18(17(15)19(24)25)26-14-8-6-13(7-9-14)21-20-12-4-2-1-3-5-12/h1-11,22-23H,(H,24,25). The van der Waals surface area contributed by atoms with Crippen molar-refractivity contribution in [2.24, 2.45) is 10.2 Å². The first-order valence-electron chi connectivity index (χ1n) is 7.57. The summed E-state index contributed by atoms with van der Waals surface area (Å²) in [7, 11) is 0. The molecule has 0 aliphatic heterocycles. The SMILES string of the molecule is O=C(O)c1c(O)ccc(O)c1Oc1ccc(N=Nc2ccccc2)cc1. The molecule has 0 spiro atoms. The van der Waals surface area contributed by atoms with Gasteiger partial charge in [0.15, 0.2) is 11.5 Å². The number of azo groups is 1. The number of nitrogens with zero attached hydrogens (tertiary/aromatic N) is 2. The third kappa shape index (κ3) is 3.78. The Balaban J connectivity index is 1.81. The van der Waals surface area contributed by atoms with E-state index in [4.69, 9.17) is 4.74 Å². The van der Waals surface area contributed by atoms with Gasteiger partial charge in [0, 0.05) is 0 Å². The normalized spacial score (nSPS) is 10.8. The molecule has 130 valence electrons. The minimum atomic E-state index is -1.42. The van der Waals surface area contributed by atoms with Crippen molar-refractivity contribution in [2.75, 3.05) is 0 Å². The molecule has 0 aromatic heterocycles. The van der Waals surface area contributed by atoms with Gasteiger partial charge < -0.3 is 20.1 Å². The third-order valence-corrected chi connectivity index (χ3v) is 3.42. The van der Waals surface area contributed by atoms with Crippen LogP contribution < -0.4 is 4.74 Å². The van der Waals surface area contributed by atoms with Crippen LogP contribution in [0.2, 0.25) is 0 Å². The quantitative estimate of drug-likeness (QED) is 0.442. The molecule has 0 saturated heterocycles. The molecule has 3 aromatic carbocycles. The van der Waals surface area contributed by atoms with Crippen LogP contribution in [0.25, 0.3) is 0 Å². The molecule has 0 aliphatic carbocycles. The monoisotopic (exact) mass is 350 g/mol. The number of phenols is 2. The van der Waals surface area contributed by atoms with Gasteiger partial charge in [-0.05, 0) is 48.5 Å². The van der Waals surface area contributed by atoms with Gasteiger partial charge in [0.2, 0.25) is 0 Å². The highest BCUT2D eigenvalue weighted by atomic mass is 16.5. The van der Waals surface area contributed by atoms with Crippen molar-refractivity contribution in [1.82, 2.24) is 0 Å². The molecule has 0 saturated carbocycles. The van der Waals surface area contributed by atoms with E-state index < -0.39 is 23.0 Å². The van der Waals surface area contributed by atoms with Crippen molar-refractivity contribution in [2.45, 2.75) is 0 Å². The van der Waals surface area contributed by atoms with Crippen LogP contribution >= 0.6 is 0 Å². The van der Waals surface area contributed by atoms with Gasteiger partial charge in [-0.1, -0.05) is 18.2 Å². The van der Waals surface area contributed by atoms with Gasteiger partial charge in [-0.3, -0.25) is 0 Å². The number of carboxylic acids is 1. The van der Waals surface area contributed by atoms with Gasteiger partial charge >= 0.3 is 5.97 Å². The summed E-state index contributed by atoms with van der Waals surface area (Å²) in [6.45, 7) is 0. The molecule has 7 nitrogen and oxygen atoms in total. The number of phenolic OH excluding ortho intramolecular Hbond substituents is 1. The lowest BCUT2D eigenvalue weighted by molar-refractivity contribution is 0.0690.